The van der Waals surface area contributed by atoms with Gasteiger partial charge in [-0.25, -0.2) is 14.4 Å². The SMILES string of the molecule is C.OC1CCC(Nc2ncc3nc(Nc4cc(C(F)(F)F)ccc4F)n(C4CCCC4)c3n2)CC1. The van der Waals surface area contributed by atoms with Crippen LogP contribution in [0.2, 0.25) is 0 Å². The van der Waals surface area contributed by atoms with Gasteiger partial charge in [-0.15, -0.1) is 0 Å². The Balaban J connectivity index is 0.00000289. The lowest BCUT2D eigenvalue weighted by Crippen LogP contribution is -2.29. The summed E-state index contributed by atoms with van der Waals surface area (Å²) in [5.74, 6) is -0.122. The molecule has 2 aromatic heterocycles. The van der Waals surface area contributed by atoms with Crippen LogP contribution in [-0.4, -0.2) is 36.8 Å². The van der Waals surface area contributed by atoms with Crippen LogP contribution in [0, 0.1) is 5.82 Å². The van der Waals surface area contributed by atoms with Crippen LogP contribution in [-0.2, 0) is 6.18 Å². The second kappa shape index (κ2) is 9.96. The van der Waals surface area contributed by atoms with Gasteiger partial charge < -0.3 is 15.7 Å². The quantitative estimate of drug-likeness (QED) is 0.367. The highest BCUT2D eigenvalue weighted by molar-refractivity contribution is 5.76. The third-order valence-electron chi connectivity index (χ3n) is 6.69. The van der Waals surface area contributed by atoms with Crippen LogP contribution < -0.4 is 10.6 Å². The van der Waals surface area contributed by atoms with Crippen molar-refractivity contribution in [3.8, 4) is 0 Å². The van der Waals surface area contributed by atoms with E-state index >= 15 is 0 Å². The highest BCUT2D eigenvalue weighted by Gasteiger charge is 2.32. The van der Waals surface area contributed by atoms with Crippen LogP contribution in [0.1, 0.15) is 70.4 Å². The first-order valence-corrected chi connectivity index (χ1v) is 11.6. The molecule has 7 nitrogen and oxygen atoms in total. The molecule has 2 saturated carbocycles. The monoisotopic (exact) mass is 494 g/mol. The smallest absolute Gasteiger partial charge is 0.393 e. The standard InChI is InChI=1S/C23H26F4N6O.CH4/c24-17-10-5-13(23(25,26)27)11-18(17)30-22-31-19-12-28-21(29-14-6-8-16(34)9-7-14)32-20(19)33(22)15-3-1-2-4-15;/h5,10-12,14-16,34H,1-4,6-9H2,(H,30,31)(H,28,29,32);1H4. The molecule has 2 heterocycles. The maximum absolute atomic E-state index is 14.4. The molecule has 0 bridgehead atoms. The summed E-state index contributed by atoms with van der Waals surface area (Å²) in [6, 6.07) is 2.48. The van der Waals surface area contributed by atoms with Crippen molar-refractivity contribution in [3.63, 3.8) is 0 Å². The molecule has 0 amide bonds. The van der Waals surface area contributed by atoms with E-state index in [2.05, 4.69) is 25.6 Å². The van der Waals surface area contributed by atoms with Gasteiger partial charge in [0.2, 0.25) is 11.9 Å². The summed E-state index contributed by atoms with van der Waals surface area (Å²) in [6.07, 6.45) is 3.56. The van der Waals surface area contributed by atoms with Crippen molar-refractivity contribution in [2.75, 3.05) is 10.6 Å². The summed E-state index contributed by atoms with van der Waals surface area (Å²) < 4.78 is 55.8. The van der Waals surface area contributed by atoms with Crippen molar-refractivity contribution in [1.29, 1.82) is 0 Å². The van der Waals surface area contributed by atoms with Gasteiger partial charge in [-0.05, 0) is 56.7 Å². The van der Waals surface area contributed by atoms with Gasteiger partial charge in [0, 0.05) is 12.1 Å². The molecule has 2 fully saturated rings. The third-order valence-corrected chi connectivity index (χ3v) is 6.69. The highest BCUT2D eigenvalue weighted by Crippen LogP contribution is 2.37. The van der Waals surface area contributed by atoms with Crippen molar-refractivity contribution < 1.29 is 22.7 Å². The van der Waals surface area contributed by atoms with Gasteiger partial charge in [-0.3, -0.25) is 4.57 Å². The maximum Gasteiger partial charge on any atom is 0.416 e. The second-order valence-electron chi connectivity index (χ2n) is 9.11. The summed E-state index contributed by atoms with van der Waals surface area (Å²) >= 11 is 0. The van der Waals surface area contributed by atoms with Crippen LogP contribution in [0.15, 0.2) is 24.4 Å². The molecule has 0 unspecified atom stereocenters. The number of aliphatic hydroxyl groups excluding tert-OH is 1. The van der Waals surface area contributed by atoms with Crippen LogP contribution in [0.3, 0.4) is 0 Å². The van der Waals surface area contributed by atoms with Crippen LogP contribution in [0.25, 0.3) is 11.2 Å². The van der Waals surface area contributed by atoms with Gasteiger partial charge in [0.15, 0.2) is 5.65 Å². The predicted octanol–water partition coefficient (Wildman–Crippen LogP) is 6.19. The summed E-state index contributed by atoms with van der Waals surface area (Å²) in [5.41, 5.74) is -0.207. The maximum atomic E-state index is 14.4. The number of aliphatic hydroxyl groups is 1. The third kappa shape index (κ3) is 5.34. The normalized spacial score (nSPS) is 21.2. The Hall–Kier alpha value is -2.95. The molecule has 3 N–H and O–H groups in total. The molecular formula is C24H30F4N6O. The number of rotatable bonds is 5. The van der Waals surface area contributed by atoms with Gasteiger partial charge in [0.1, 0.15) is 11.3 Å². The average molecular weight is 495 g/mol. The number of hydrogen-bond acceptors (Lipinski definition) is 6. The molecule has 0 spiro atoms. The zero-order chi connectivity index (χ0) is 23.9. The van der Waals surface area contributed by atoms with E-state index in [1.54, 1.807) is 6.20 Å². The fraction of sp³-hybridized carbons (Fsp3) is 0.542. The molecular weight excluding hydrogens is 464 g/mol. The number of benzene rings is 1. The number of imidazole rings is 1. The van der Waals surface area contributed by atoms with E-state index in [9.17, 15) is 22.7 Å². The van der Waals surface area contributed by atoms with Gasteiger partial charge in [0.25, 0.3) is 0 Å². The van der Waals surface area contributed by atoms with Crippen LogP contribution >= 0.6 is 0 Å². The molecule has 2 aliphatic carbocycles. The molecule has 3 aromatic rings. The van der Waals surface area contributed by atoms with Crippen LogP contribution in [0.5, 0.6) is 0 Å². The number of halogens is 4. The molecule has 190 valence electrons. The first-order valence-electron chi connectivity index (χ1n) is 11.6. The fourth-order valence-corrected chi connectivity index (χ4v) is 4.88. The second-order valence-corrected chi connectivity index (χ2v) is 9.11. The fourth-order valence-electron chi connectivity index (χ4n) is 4.88. The van der Waals surface area contributed by atoms with Crippen molar-refractivity contribution in [2.45, 2.75) is 83.2 Å². The van der Waals surface area contributed by atoms with Gasteiger partial charge in [0.05, 0.1) is 23.6 Å². The number of fused-ring (bicyclic) bond motifs is 1. The minimum absolute atomic E-state index is 0. The van der Waals surface area contributed by atoms with Crippen molar-refractivity contribution >= 4 is 28.7 Å². The zero-order valence-electron chi connectivity index (χ0n) is 18.4. The molecule has 2 aliphatic rings. The average Bonchev–Trinajstić information content (AvgIpc) is 3.43. The lowest BCUT2D eigenvalue weighted by Gasteiger charge is -2.26. The first-order chi connectivity index (χ1) is 16.3. The van der Waals surface area contributed by atoms with E-state index in [0.717, 1.165) is 63.5 Å². The van der Waals surface area contributed by atoms with Gasteiger partial charge >= 0.3 is 6.18 Å². The number of nitrogens with zero attached hydrogens (tertiary/aromatic N) is 4. The Morgan fingerprint density at radius 1 is 1.00 bits per heavy atom. The molecule has 0 saturated heterocycles. The summed E-state index contributed by atoms with van der Waals surface area (Å²) in [5, 5.41) is 15.8. The van der Waals surface area contributed by atoms with E-state index in [4.69, 9.17) is 0 Å². The van der Waals surface area contributed by atoms with Crippen molar-refractivity contribution in [2.24, 2.45) is 0 Å². The van der Waals surface area contributed by atoms with Crippen molar-refractivity contribution in [3.05, 3.63) is 35.8 Å². The molecule has 0 radical (unpaired) electrons. The summed E-state index contributed by atoms with van der Waals surface area (Å²) in [7, 11) is 0. The van der Waals surface area contributed by atoms with E-state index in [-0.39, 0.29) is 37.3 Å². The minimum atomic E-state index is -4.59. The van der Waals surface area contributed by atoms with Gasteiger partial charge in [-0.1, -0.05) is 20.3 Å². The lowest BCUT2D eigenvalue weighted by atomic mass is 9.93. The Labute approximate surface area is 201 Å². The number of nitrogens with one attached hydrogen (secondary N) is 2. The Morgan fingerprint density at radius 3 is 2.40 bits per heavy atom. The van der Waals surface area contributed by atoms with Crippen molar-refractivity contribution in [1.82, 2.24) is 19.5 Å². The lowest BCUT2D eigenvalue weighted by molar-refractivity contribution is -0.137. The summed E-state index contributed by atoms with van der Waals surface area (Å²) in [6.45, 7) is 0. The first kappa shape index (κ1) is 25.2. The topological polar surface area (TPSA) is 87.9 Å². The molecule has 0 aliphatic heterocycles. The van der Waals surface area contributed by atoms with E-state index < -0.39 is 17.6 Å². The van der Waals surface area contributed by atoms with Gasteiger partial charge in [-0.2, -0.15) is 18.2 Å². The molecule has 0 atom stereocenters. The number of hydrogen-bond donors (Lipinski definition) is 3. The number of alkyl halides is 3. The molecule has 35 heavy (non-hydrogen) atoms. The molecule has 1 aromatic carbocycles. The van der Waals surface area contributed by atoms with E-state index in [1.165, 1.54) is 0 Å². The largest absolute Gasteiger partial charge is 0.416 e. The number of aromatic nitrogens is 4. The Morgan fingerprint density at radius 2 is 1.71 bits per heavy atom. The Kier molecular flexibility index (Phi) is 7.16. The number of anilines is 3. The Bertz CT molecular complexity index is 1170. The van der Waals surface area contributed by atoms with E-state index in [1.807, 2.05) is 4.57 Å². The highest BCUT2D eigenvalue weighted by atomic mass is 19.4. The molecule has 5 rings (SSSR count). The van der Waals surface area contributed by atoms with E-state index in [0.29, 0.717) is 23.2 Å². The predicted molar refractivity (Wildman–Crippen MR) is 126 cm³/mol. The zero-order valence-corrected chi connectivity index (χ0v) is 18.4. The molecule has 11 heteroatoms. The minimum Gasteiger partial charge on any atom is -0.393 e. The summed E-state index contributed by atoms with van der Waals surface area (Å²) in [4.78, 5) is 13.5. The van der Waals surface area contributed by atoms with Crippen LogP contribution in [0.4, 0.5) is 35.1 Å².